The molecule has 0 nitrogen and oxygen atoms in total. The quantitative estimate of drug-likeness (QED) is 0.670. The van der Waals surface area contributed by atoms with Gasteiger partial charge >= 0.3 is 0 Å². The van der Waals surface area contributed by atoms with E-state index < -0.39 is 12.3 Å². The van der Waals surface area contributed by atoms with Crippen molar-refractivity contribution in [2.75, 3.05) is 0 Å². The highest BCUT2D eigenvalue weighted by Gasteiger charge is 2.21. The largest absolute Gasteiger partial charge is 0.0620 e. The van der Waals surface area contributed by atoms with E-state index in [1.165, 1.54) is 5.56 Å². The molecule has 0 radical (unpaired) electrons. The third-order valence-corrected chi connectivity index (χ3v) is 3.19. The first-order chi connectivity index (χ1) is 8.61. The molecule has 0 bridgehead atoms. The van der Waals surface area contributed by atoms with Crippen LogP contribution in [0, 0.1) is 6.92 Å². The van der Waals surface area contributed by atoms with Gasteiger partial charge in [0.25, 0.3) is 0 Å². The van der Waals surface area contributed by atoms with Gasteiger partial charge in [-0.15, -0.1) is 0 Å². The lowest BCUT2D eigenvalue weighted by Gasteiger charge is -2.09. The molecule has 0 fully saturated rings. The first-order valence-electron chi connectivity index (χ1n) is 6.76. The minimum Gasteiger partial charge on any atom is -0.0620 e. The summed E-state index contributed by atoms with van der Waals surface area (Å²) in [7, 11) is 0. The van der Waals surface area contributed by atoms with Crippen molar-refractivity contribution in [3.8, 4) is 0 Å². The van der Waals surface area contributed by atoms with Crippen LogP contribution < -0.4 is 0 Å². The summed E-state index contributed by atoms with van der Waals surface area (Å²) in [5, 5.41) is 0. The van der Waals surface area contributed by atoms with Gasteiger partial charge in [-0.1, -0.05) is 54.1 Å². The lowest BCUT2D eigenvalue weighted by molar-refractivity contribution is 0.741. The average Bonchev–Trinajstić information content (AvgIpc) is 2.64. The molecule has 2 aromatic carbocycles. The zero-order valence-electron chi connectivity index (χ0n) is 11.4. The Labute approximate surface area is 99.8 Å². The maximum atomic E-state index is 8.70. The zero-order chi connectivity index (χ0) is 12.8. The Bertz CT molecular complexity index is 574. The topological polar surface area (TPSA) is 0 Å². The summed E-state index contributed by atoms with van der Waals surface area (Å²) in [6, 6.07) is 16.0. The highest BCUT2D eigenvalue weighted by molar-refractivity contribution is 5.38. The van der Waals surface area contributed by atoms with Crippen molar-refractivity contribution in [3.05, 3.63) is 70.8 Å². The predicted molar refractivity (Wildman–Crippen MR) is 67.8 cm³/mol. The monoisotopic (exact) mass is 210 g/mol. The summed E-state index contributed by atoms with van der Waals surface area (Å²) >= 11 is 0. The molecular formula is C16H16. The fourth-order valence-corrected chi connectivity index (χ4v) is 2.23. The van der Waals surface area contributed by atoms with E-state index in [0.717, 1.165) is 16.7 Å². The van der Waals surface area contributed by atoms with E-state index in [1.54, 1.807) is 0 Å². The lowest BCUT2D eigenvalue weighted by atomic mass is 9.95. The number of rotatable bonds is 1. The molecule has 0 spiro atoms. The number of hydrogen-bond acceptors (Lipinski definition) is 0. The standard InChI is InChI=1S/C16H16/c1-12-6-8-13(9-7-12)16-10-14-4-2-3-5-15(14)11-16/h2-9,16H,10-11H2,1H3/i10D,16D. The Morgan fingerprint density at radius 2 is 1.75 bits per heavy atom. The summed E-state index contributed by atoms with van der Waals surface area (Å²) in [5.41, 5.74) is 4.30. The van der Waals surface area contributed by atoms with E-state index in [0.29, 0.717) is 6.42 Å². The first-order valence-corrected chi connectivity index (χ1v) is 5.68. The highest BCUT2D eigenvalue weighted by Crippen LogP contribution is 2.33. The van der Waals surface area contributed by atoms with E-state index in [-0.39, 0.29) is 0 Å². The minimum atomic E-state index is -0.836. The third kappa shape index (κ3) is 1.65. The molecule has 1 aliphatic carbocycles. The van der Waals surface area contributed by atoms with Crippen LogP contribution in [0.5, 0.6) is 0 Å². The SMILES string of the molecule is [2H]C1c2ccccc2CC1([2H])c1ccc(C)cc1. The molecule has 2 aromatic rings. The van der Waals surface area contributed by atoms with E-state index in [1.807, 2.05) is 55.5 Å². The van der Waals surface area contributed by atoms with Gasteiger partial charge in [-0.25, -0.2) is 0 Å². The van der Waals surface area contributed by atoms with Crippen LogP contribution in [0.4, 0.5) is 0 Å². The Morgan fingerprint density at radius 3 is 2.44 bits per heavy atom. The Hall–Kier alpha value is -1.56. The average molecular weight is 210 g/mol. The zero-order valence-corrected chi connectivity index (χ0v) is 9.40. The molecule has 2 atom stereocenters. The maximum absolute atomic E-state index is 8.70. The smallest absolute Gasteiger partial charge is 0.0359 e. The third-order valence-electron chi connectivity index (χ3n) is 3.19. The van der Waals surface area contributed by atoms with Crippen LogP contribution in [0.25, 0.3) is 0 Å². The summed E-state index contributed by atoms with van der Waals surface area (Å²) in [6.07, 6.45) is 0.150. The number of benzene rings is 2. The van der Waals surface area contributed by atoms with Crippen LogP contribution in [0.2, 0.25) is 0 Å². The number of fused-ring (bicyclic) bond motifs is 1. The van der Waals surface area contributed by atoms with Crippen molar-refractivity contribution in [2.24, 2.45) is 0 Å². The van der Waals surface area contributed by atoms with Crippen LogP contribution in [0.3, 0.4) is 0 Å². The van der Waals surface area contributed by atoms with Crippen molar-refractivity contribution in [1.29, 1.82) is 0 Å². The van der Waals surface area contributed by atoms with Gasteiger partial charge in [-0.3, -0.25) is 0 Å². The summed E-state index contributed by atoms with van der Waals surface area (Å²) in [4.78, 5) is 0. The molecular weight excluding hydrogens is 192 g/mol. The van der Waals surface area contributed by atoms with Gasteiger partial charge in [0.15, 0.2) is 0 Å². The first kappa shape index (κ1) is 7.67. The van der Waals surface area contributed by atoms with Crippen molar-refractivity contribution in [3.63, 3.8) is 0 Å². The molecule has 0 heterocycles. The van der Waals surface area contributed by atoms with Crippen molar-refractivity contribution in [1.82, 2.24) is 0 Å². The van der Waals surface area contributed by atoms with Gasteiger partial charge in [-0.05, 0) is 42.3 Å². The fraction of sp³-hybridized carbons (Fsp3) is 0.250. The Balaban J connectivity index is 2.06. The van der Waals surface area contributed by atoms with Gasteiger partial charge in [0, 0.05) is 2.74 Å². The highest BCUT2D eigenvalue weighted by atomic mass is 14.3. The van der Waals surface area contributed by atoms with Crippen LogP contribution in [-0.4, -0.2) is 0 Å². The van der Waals surface area contributed by atoms with E-state index in [9.17, 15) is 0 Å². The lowest BCUT2D eigenvalue weighted by Crippen LogP contribution is -1.97. The Kier molecular flexibility index (Phi) is 1.81. The molecule has 3 rings (SSSR count). The predicted octanol–water partition coefficient (Wildman–Crippen LogP) is 3.88. The van der Waals surface area contributed by atoms with Gasteiger partial charge in [0.1, 0.15) is 0 Å². The summed E-state index contributed by atoms with van der Waals surface area (Å²) < 4.78 is 17.1. The molecule has 0 aliphatic heterocycles. The molecule has 0 heteroatoms. The molecule has 0 saturated heterocycles. The van der Waals surface area contributed by atoms with Gasteiger partial charge in [0.2, 0.25) is 0 Å². The van der Waals surface area contributed by atoms with Gasteiger partial charge in [0.05, 0.1) is 0 Å². The van der Waals surface area contributed by atoms with Crippen molar-refractivity contribution < 1.29 is 2.74 Å². The Morgan fingerprint density at radius 1 is 1.06 bits per heavy atom. The van der Waals surface area contributed by atoms with Crippen molar-refractivity contribution >= 4 is 0 Å². The normalized spacial score (nSPS) is 29.4. The minimum absolute atomic E-state index is 0.489. The molecule has 0 amide bonds. The van der Waals surface area contributed by atoms with E-state index in [4.69, 9.17) is 2.74 Å². The molecule has 0 aromatic heterocycles. The van der Waals surface area contributed by atoms with E-state index in [2.05, 4.69) is 0 Å². The molecule has 0 saturated carbocycles. The van der Waals surface area contributed by atoms with Crippen LogP contribution >= 0.6 is 0 Å². The second kappa shape index (κ2) is 3.79. The maximum Gasteiger partial charge on any atom is 0.0359 e. The van der Waals surface area contributed by atoms with Crippen LogP contribution in [0.1, 0.15) is 30.9 Å². The fourth-order valence-electron chi connectivity index (χ4n) is 2.23. The number of hydrogen-bond donors (Lipinski definition) is 0. The summed E-state index contributed by atoms with van der Waals surface area (Å²) in [6.45, 7) is 2.04. The molecule has 80 valence electrons. The second-order valence-electron chi connectivity index (χ2n) is 4.41. The number of aryl methyl sites for hydroxylation is 1. The molecule has 1 aliphatic rings. The van der Waals surface area contributed by atoms with Crippen molar-refractivity contribution in [2.45, 2.75) is 25.6 Å². The molecule has 0 N–H and O–H groups in total. The van der Waals surface area contributed by atoms with Crippen LogP contribution in [-0.2, 0) is 12.8 Å². The second-order valence-corrected chi connectivity index (χ2v) is 4.41. The molecule has 2 unspecified atom stereocenters. The summed E-state index contributed by atoms with van der Waals surface area (Å²) in [5.74, 6) is -0.836. The van der Waals surface area contributed by atoms with Crippen LogP contribution in [0.15, 0.2) is 48.5 Å². The van der Waals surface area contributed by atoms with Gasteiger partial charge < -0.3 is 0 Å². The molecule has 16 heavy (non-hydrogen) atoms. The van der Waals surface area contributed by atoms with E-state index >= 15 is 0 Å². The van der Waals surface area contributed by atoms with Gasteiger partial charge in [-0.2, -0.15) is 0 Å².